The molecule has 25 heavy (non-hydrogen) atoms. The van der Waals surface area contributed by atoms with E-state index in [9.17, 15) is 4.39 Å². The summed E-state index contributed by atoms with van der Waals surface area (Å²) in [6.45, 7) is 1.82. The number of nitrogens with one attached hydrogen (secondary N) is 1. The molecule has 1 N–H and O–H groups in total. The molecule has 1 heterocycles. The van der Waals surface area contributed by atoms with E-state index < -0.39 is 0 Å². The van der Waals surface area contributed by atoms with Crippen LogP contribution in [0.1, 0.15) is 54.6 Å². The van der Waals surface area contributed by atoms with E-state index in [4.69, 9.17) is 9.15 Å². The minimum atomic E-state index is -0.266. The van der Waals surface area contributed by atoms with Crippen molar-refractivity contribution in [2.24, 2.45) is 5.92 Å². The van der Waals surface area contributed by atoms with Crippen LogP contribution in [0.4, 0.5) is 4.39 Å². The fourth-order valence-electron chi connectivity index (χ4n) is 4.30. The zero-order chi connectivity index (χ0) is 17.4. The van der Waals surface area contributed by atoms with Crippen molar-refractivity contribution in [3.05, 3.63) is 40.9 Å². The summed E-state index contributed by atoms with van der Waals surface area (Å²) >= 11 is 0. The molecular formula is C19H24FN3O2. The number of aryl methyl sites for hydroxylation is 2. The lowest BCUT2D eigenvalue weighted by atomic mass is 10.0. The molecule has 1 unspecified atom stereocenters. The van der Waals surface area contributed by atoms with Crippen molar-refractivity contribution >= 4 is 0 Å². The lowest BCUT2D eigenvalue weighted by molar-refractivity contribution is 0.382. The summed E-state index contributed by atoms with van der Waals surface area (Å²) in [5.41, 5.74) is 2.29. The van der Waals surface area contributed by atoms with Crippen LogP contribution in [-0.2, 0) is 12.8 Å². The number of hydrogen-bond donors (Lipinski definition) is 1. The molecule has 2 aliphatic rings. The highest BCUT2D eigenvalue weighted by Gasteiger charge is 2.31. The first kappa shape index (κ1) is 16.5. The van der Waals surface area contributed by atoms with Crippen LogP contribution >= 0.6 is 0 Å². The van der Waals surface area contributed by atoms with E-state index in [-0.39, 0.29) is 5.82 Å². The Bertz CT molecular complexity index is 761. The standard InChI is InChI=1S/C19H24FN3O2/c1-11-22-23-19(25-11)8-12-3-5-14(7-12)21-17-6-4-13-9-16(20)18(24-2)10-15(13)17/h9-10,12,14,17,21H,3-8H2,1-2H3/t12-,14+,17?/m1/s1. The van der Waals surface area contributed by atoms with Crippen LogP contribution in [0.2, 0.25) is 0 Å². The summed E-state index contributed by atoms with van der Waals surface area (Å²) in [5.74, 6) is 2.03. The third-order valence-electron chi connectivity index (χ3n) is 5.50. The zero-order valence-electron chi connectivity index (χ0n) is 14.7. The van der Waals surface area contributed by atoms with E-state index in [1.807, 2.05) is 13.0 Å². The number of nitrogens with zero attached hydrogens (tertiary/aromatic N) is 2. The molecule has 134 valence electrons. The highest BCUT2D eigenvalue weighted by Crippen LogP contribution is 2.37. The quantitative estimate of drug-likeness (QED) is 0.898. The molecule has 0 saturated heterocycles. The number of hydrogen-bond acceptors (Lipinski definition) is 5. The van der Waals surface area contributed by atoms with Crippen molar-refractivity contribution in [3.8, 4) is 5.75 Å². The van der Waals surface area contributed by atoms with Crippen LogP contribution in [-0.4, -0.2) is 23.3 Å². The summed E-state index contributed by atoms with van der Waals surface area (Å²) in [5, 5.41) is 11.8. The predicted octanol–water partition coefficient (Wildman–Crippen LogP) is 3.51. The molecule has 2 aromatic rings. The Morgan fingerprint density at radius 3 is 2.92 bits per heavy atom. The van der Waals surface area contributed by atoms with Gasteiger partial charge < -0.3 is 14.5 Å². The van der Waals surface area contributed by atoms with E-state index in [0.29, 0.717) is 29.6 Å². The summed E-state index contributed by atoms with van der Waals surface area (Å²) in [6.07, 6.45) is 6.25. The van der Waals surface area contributed by atoms with Gasteiger partial charge in [-0.3, -0.25) is 0 Å². The monoisotopic (exact) mass is 345 g/mol. The number of rotatable bonds is 5. The third-order valence-corrected chi connectivity index (χ3v) is 5.50. The fraction of sp³-hybridized carbons (Fsp3) is 0.579. The lowest BCUT2D eigenvalue weighted by Crippen LogP contribution is -2.30. The average Bonchev–Trinajstić information content (AvgIpc) is 3.29. The van der Waals surface area contributed by atoms with Gasteiger partial charge in [-0.25, -0.2) is 4.39 Å². The second kappa shape index (κ2) is 6.75. The molecule has 1 aromatic heterocycles. The number of methoxy groups -OCH3 is 1. The van der Waals surface area contributed by atoms with Gasteiger partial charge in [0, 0.05) is 25.4 Å². The maximum absolute atomic E-state index is 13.9. The average molecular weight is 345 g/mol. The largest absolute Gasteiger partial charge is 0.494 e. The Labute approximate surface area is 147 Å². The molecule has 0 aliphatic heterocycles. The second-order valence-electron chi connectivity index (χ2n) is 7.24. The van der Waals surface area contributed by atoms with Gasteiger partial charge in [0.25, 0.3) is 0 Å². The Kier molecular flexibility index (Phi) is 4.46. The summed E-state index contributed by atoms with van der Waals surface area (Å²) < 4.78 is 24.5. The Balaban J connectivity index is 1.38. The molecule has 6 heteroatoms. The first-order chi connectivity index (χ1) is 12.1. The molecule has 5 nitrogen and oxygen atoms in total. The maximum Gasteiger partial charge on any atom is 0.216 e. The normalized spacial score (nSPS) is 25.3. The minimum Gasteiger partial charge on any atom is -0.494 e. The van der Waals surface area contributed by atoms with Crippen LogP contribution in [0.25, 0.3) is 0 Å². The predicted molar refractivity (Wildman–Crippen MR) is 91.0 cm³/mol. The lowest BCUT2D eigenvalue weighted by Gasteiger charge is -2.20. The Morgan fingerprint density at radius 1 is 1.28 bits per heavy atom. The molecular weight excluding hydrogens is 321 g/mol. The molecule has 0 spiro atoms. The Morgan fingerprint density at radius 2 is 2.16 bits per heavy atom. The molecule has 0 radical (unpaired) electrons. The summed E-state index contributed by atoms with van der Waals surface area (Å²) in [7, 11) is 1.52. The summed E-state index contributed by atoms with van der Waals surface area (Å²) in [6, 6.07) is 4.27. The van der Waals surface area contributed by atoms with Gasteiger partial charge >= 0.3 is 0 Å². The van der Waals surface area contributed by atoms with Gasteiger partial charge in [0.15, 0.2) is 11.6 Å². The Hall–Kier alpha value is -1.95. The molecule has 0 amide bonds. The smallest absolute Gasteiger partial charge is 0.216 e. The zero-order valence-corrected chi connectivity index (χ0v) is 14.7. The maximum atomic E-state index is 13.9. The highest BCUT2D eigenvalue weighted by atomic mass is 19.1. The minimum absolute atomic E-state index is 0.266. The van der Waals surface area contributed by atoms with Crippen LogP contribution in [0.5, 0.6) is 5.75 Å². The highest BCUT2D eigenvalue weighted by molar-refractivity contribution is 5.42. The van der Waals surface area contributed by atoms with Crippen LogP contribution < -0.4 is 10.1 Å². The van der Waals surface area contributed by atoms with Gasteiger partial charge in [0.05, 0.1) is 7.11 Å². The molecule has 1 fully saturated rings. The van der Waals surface area contributed by atoms with Gasteiger partial charge in [-0.1, -0.05) is 0 Å². The number of fused-ring (bicyclic) bond motifs is 1. The van der Waals surface area contributed by atoms with Crippen LogP contribution in [0, 0.1) is 18.7 Å². The van der Waals surface area contributed by atoms with Gasteiger partial charge in [-0.2, -0.15) is 0 Å². The van der Waals surface area contributed by atoms with E-state index in [0.717, 1.165) is 43.6 Å². The van der Waals surface area contributed by atoms with Crippen molar-refractivity contribution in [1.29, 1.82) is 0 Å². The van der Waals surface area contributed by atoms with E-state index in [1.165, 1.54) is 19.1 Å². The van der Waals surface area contributed by atoms with Crippen molar-refractivity contribution in [3.63, 3.8) is 0 Å². The van der Waals surface area contributed by atoms with Gasteiger partial charge in [-0.05, 0) is 61.3 Å². The SMILES string of the molecule is COc1cc2c(cc1F)CCC2N[C@H]1CC[C@@H](Cc2nnc(C)o2)C1. The van der Waals surface area contributed by atoms with Gasteiger partial charge in [-0.15, -0.1) is 10.2 Å². The fourth-order valence-corrected chi connectivity index (χ4v) is 4.30. The first-order valence-electron chi connectivity index (χ1n) is 9.03. The van der Waals surface area contributed by atoms with Crippen molar-refractivity contribution in [1.82, 2.24) is 15.5 Å². The molecule has 0 bridgehead atoms. The van der Waals surface area contributed by atoms with Crippen molar-refractivity contribution in [2.75, 3.05) is 7.11 Å². The van der Waals surface area contributed by atoms with Gasteiger partial charge in [0.1, 0.15) is 0 Å². The molecule has 1 aromatic carbocycles. The van der Waals surface area contributed by atoms with E-state index >= 15 is 0 Å². The van der Waals surface area contributed by atoms with Crippen molar-refractivity contribution < 1.29 is 13.5 Å². The second-order valence-corrected chi connectivity index (χ2v) is 7.24. The topological polar surface area (TPSA) is 60.2 Å². The number of ether oxygens (including phenoxy) is 1. The van der Waals surface area contributed by atoms with Crippen LogP contribution in [0.3, 0.4) is 0 Å². The van der Waals surface area contributed by atoms with E-state index in [2.05, 4.69) is 15.5 Å². The molecule has 4 rings (SSSR count). The number of benzene rings is 1. The van der Waals surface area contributed by atoms with Crippen molar-refractivity contribution in [2.45, 2.75) is 57.5 Å². The first-order valence-corrected chi connectivity index (χ1v) is 9.03. The van der Waals surface area contributed by atoms with E-state index in [1.54, 1.807) is 6.07 Å². The van der Waals surface area contributed by atoms with Crippen LogP contribution in [0.15, 0.2) is 16.5 Å². The number of aromatic nitrogens is 2. The van der Waals surface area contributed by atoms with Gasteiger partial charge in [0.2, 0.25) is 11.8 Å². The third kappa shape index (κ3) is 3.40. The summed E-state index contributed by atoms with van der Waals surface area (Å²) in [4.78, 5) is 0. The molecule has 2 aliphatic carbocycles. The molecule has 3 atom stereocenters. The number of halogens is 1. The molecule has 1 saturated carbocycles.